The minimum Gasteiger partial charge on any atom is -0.324 e. The van der Waals surface area contributed by atoms with Crippen molar-refractivity contribution in [3.63, 3.8) is 0 Å². The maximum Gasteiger partial charge on any atom is 0.287 e. The molecule has 12 nitrogen and oxygen atoms in total. The Morgan fingerprint density at radius 2 is 0.694 bits per heavy atom. The maximum absolute atomic E-state index is 13.4. The highest BCUT2D eigenvalue weighted by atomic mass is 32.2. The van der Waals surface area contributed by atoms with Gasteiger partial charge in [-0.2, -0.15) is 34.1 Å². The number of nitrogens with zero attached hydrogens (tertiary/aromatic N) is 4. The molecule has 4 fully saturated rings. The predicted octanol–water partition coefficient (Wildman–Crippen LogP) is 1.96. The molecule has 8 atom stereocenters. The summed E-state index contributed by atoms with van der Waals surface area (Å²) in [5.41, 5.74) is 0. The van der Waals surface area contributed by atoms with Gasteiger partial charge >= 0.3 is 0 Å². The number of hydrogen-bond donors (Lipinski definition) is 0. The summed E-state index contributed by atoms with van der Waals surface area (Å²) in [6.45, 7) is 15.1. The van der Waals surface area contributed by atoms with Gasteiger partial charge in [0.2, 0.25) is 12.6 Å². The van der Waals surface area contributed by atoms with Crippen LogP contribution in [0.4, 0.5) is 0 Å². The van der Waals surface area contributed by atoms with Gasteiger partial charge in [-0.05, 0) is 53.4 Å². The normalized spacial score (nSPS) is 40.2. The van der Waals surface area contributed by atoms with E-state index < -0.39 is 57.9 Å². The SMILES string of the molecule is CCC(C)N1C2OC(C3OC4C(O3)N(C(C)CC)S(=O)(=O)N4C(C)CC)OC2N(C(C)CC)S1(=O)=O. The van der Waals surface area contributed by atoms with E-state index in [-0.39, 0.29) is 24.2 Å². The lowest BCUT2D eigenvalue weighted by atomic mass is 10.2. The Morgan fingerprint density at radius 1 is 0.500 bits per heavy atom. The second-order valence-electron chi connectivity index (χ2n) is 10.2. The lowest BCUT2D eigenvalue weighted by molar-refractivity contribution is -0.240. The number of hydrogen-bond acceptors (Lipinski definition) is 8. The van der Waals surface area contributed by atoms with Gasteiger partial charge in [-0.3, -0.25) is 0 Å². The summed E-state index contributed by atoms with van der Waals surface area (Å²) in [6, 6.07) is -1.18. The Balaban J connectivity index is 1.62. The molecule has 0 amide bonds. The average molecular weight is 555 g/mol. The summed E-state index contributed by atoms with van der Waals surface area (Å²) in [6.07, 6.45) is -3.00. The van der Waals surface area contributed by atoms with Crippen molar-refractivity contribution < 1.29 is 35.8 Å². The molecule has 0 N–H and O–H groups in total. The van der Waals surface area contributed by atoms with Gasteiger partial charge in [0.1, 0.15) is 0 Å². The Bertz CT molecular complexity index is 870. The molecule has 4 saturated heterocycles. The van der Waals surface area contributed by atoms with Gasteiger partial charge in [-0.15, -0.1) is 0 Å². The lowest BCUT2D eigenvalue weighted by Crippen LogP contribution is -2.48. The highest BCUT2D eigenvalue weighted by Crippen LogP contribution is 2.45. The molecule has 0 radical (unpaired) electrons. The molecule has 4 aliphatic heterocycles. The Morgan fingerprint density at radius 3 is 0.861 bits per heavy atom. The first-order valence-electron chi connectivity index (χ1n) is 13.1. The van der Waals surface area contributed by atoms with Crippen LogP contribution in [0.2, 0.25) is 0 Å². The lowest BCUT2D eigenvalue weighted by Gasteiger charge is -2.32. The van der Waals surface area contributed by atoms with E-state index in [0.717, 1.165) is 0 Å². The molecule has 0 aromatic heterocycles. The van der Waals surface area contributed by atoms with Gasteiger partial charge in [0.25, 0.3) is 20.4 Å². The van der Waals surface area contributed by atoms with Crippen LogP contribution in [0.25, 0.3) is 0 Å². The Kier molecular flexibility index (Phi) is 8.16. The zero-order valence-electron chi connectivity index (χ0n) is 22.5. The van der Waals surface area contributed by atoms with Crippen molar-refractivity contribution in [3.8, 4) is 0 Å². The molecule has 8 unspecified atom stereocenters. The summed E-state index contributed by atoms with van der Waals surface area (Å²) in [7, 11) is -7.59. The number of ether oxygens (including phenoxy) is 4. The zero-order chi connectivity index (χ0) is 26.7. The molecule has 4 rings (SSSR count). The largest absolute Gasteiger partial charge is 0.324 e. The van der Waals surface area contributed by atoms with Crippen LogP contribution in [-0.2, 0) is 39.4 Å². The van der Waals surface area contributed by atoms with Crippen molar-refractivity contribution in [3.05, 3.63) is 0 Å². The van der Waals surface area contributed by atoms with E-state index in [1.807, 2.05) is 55.4 Å². The van der Waals surface area contributed by atoms with Crippen molar-refractivity contribution in [1.29, 1.82) is 0 Å². The van der Waals surface area contributed by atoms with Crippen LogP contribution in [0.1, 0.15) is 81.1 Å². The summed E-state index contributed by atoms with van der Waals surface area (Å²) >= 11 is 0. The van der Waals surface area contributed by atoms with Crippen molar-refractivity contribution in [1.82, 2.24) is 17.2 Å². The summed E-state index contributed by atoms with van der Waals surface area (Å²) < 4.78 is 83.9. The van der Waals surface area contributed by atoms with Crippen molar-refractivity contribution in [2.75, 3.05) is 0 Å². The molecule has 0 saturated carbocycles. The fourth-order valence-electron chi connectivity index (χ4n) is 5.26. The minimum atomic E-state index is -3.79. The molecule has 0 aromatic rings. The minimum absolute atomic E-state index is 0.296. The molecular weight excluding hydrogens is 512 g/mol. The van der Waals surface area contributed by atoms with Crippen LogP contribution in [0.3, 0.4) is 0 Å². The van der Waals surface area contributed by atoms with Gasteiger partial charge < -0.3 is 18.9 Å². The topological polar surface area (TPSA) is 118 Å². The monoisotopic (exact) mass is 554 g/mol. The van der Waals surface area contributed by atoms with Gasteiger partial charge in [-0.25, -0.2) is 0 Å². The smallest absolute Gasteiger partial charge is 0.287 e. The van der Waals surface area contributed by atoms with E-state index in [4.69, 9.17) is 18.9 Å². The first kappa shape index (κ1) is 28.6. The van der Waals surface area contributed by atoms with Crippen LogP contribution in [0, 0.1) is 0 Å². The summed E-state index contributed by atoms with van der Waals surface area (Å²) in [5.74, 6) is 0. The molecule has 0 spiro atoms. The first-order valence-corrected chi connectivity index (χ1v) is 15.9. The fourth-order valence-corrected chi connectivity index (χ4v) is 9.77. The number of fused-ring (bicyclic) bond motifs is 2. The molecule has 4 aliphatic rings. The predicted molar refractivity (Wildman–Crippen MR) is 131 cm³/mol. The van der Waals surface area contributed by atoms with Gasteiger partial charge in [-0.1, -0.05) is 27.7 Å². The van der Waals surface area contributed by atoms with E-state index in [2.05, 4.69) is 0 Å². The molecule has 210 valence electrons. The third-order valence-corrected chi connectivity index (χ3v) is 12.4. The standard InChI is InChI=1S/C22H42N4O8S2/c1-9-13(5)23-17-18(24(14(6)10-2)35(23,27)28)32-21(31-17)22-33-19-20(34-22)26(16(8)12-4)36(29,30)25(19)15(7)11-3/h13-22H,9-12H2,1-8H3. The first-order chi connectivity index (χ1) is 16.9. The average Bonchev–Trinajstić information content (AvgIpc) is 3.52. The van der Waals surface area contributed by atoms with Crippen molar-refractivity contribution >= 4 is 20.4 Å². The van der Waals surface area contributed by atoms with E-state index in [0.29, 0.717) is 25.7 Å². The number of rotatable bonds is 9. The van der Waals surface area contributed by atoms with Crippen molar-refractivity contribution in [2.45, 2.75) is 143 Å². The molecule has 4 heterocycles. The molecular formula is C22H42N4O8S2. The van der Waals surface area contributed by atoms with Gasteiger partial charge in [0, 0.05) is 24.2 Å². The summed E-state index contributed by atoms with van der Waals surface area (Å²) in [4.78, 5) is 0. The van der Waals surface area contributed by atoms with Gasteiger partial charge in [0.05, 0.1) is 0 Å². The third kappa shape index (κ3) is 4.25. The fraction of sp³-hybridized carbons (Fsp3) is 1.00. The van der Waals surface area contributed by atoms with E-state index in [1.54, 1.807) is 0 Å². The van der Waals surface area contributed by atoms with Crippen LogP contribution < -0.4 is 0 Å². The molecule has 0 aliphatic carbocycles. The quantitative estimate of drug-likeness (QED) is 0.425. The second kappa shape index (κ2) is 10.3. The van der Waals surface area contributed by atoms with Crippen LogP contribution in [0.5, 0.6) is 0 Å². The molecule has 36 heavy (non-hydrogen) atoms. The van der Waals surface area contributed by atoms with Crippen LogP contribution in [-0.4, -0.2) is 95.7 Å². The van der Waals surface area contributed by atoms with Crippen molar-refractivity contribution in [2.24, 2.45) is 0 Å². The zero-order valence-corrected chi connectivity index (χ0v) is 24.1. The Labute approximate surface area is 216 Å². The molecule has 0 bridgehead atoms. The van der Waals surface area contributed by atoms with Crippen LogP contribution >= 0.6 is 0 Å². The second-order valence-corrected chi connectivity index (χ2v) is 13.7. The van der Waals surface area contributed by atoms with E-state index in [1.165, 1.54) is 17.2 Å². The Hall–Kier alpha value is -0.420. The molecule has 14 heteroatoms. The van der Waals surface area contributed by atoms with Gasteiger partial charge in [0.15, 0.2) is 24.9 Å². The molecule has 0 aromatic carbocycles. The summed E-state index contributed by atoms with van der Waals surface area (Å²) in [5, 5.41) is 0. The highest BCUT2D eigenvalue weighted by molar-refractivity contribution is 7.87. The maximum atomic E-state index is 13.4. The van der Waals surface area contributed by atoms with Crippen LogP contribution in [0.15, 0.2) is 0 Å². The van der Waals surface area contributed by atoms with E-state index >= 15 is 0 Å². The third-order valence-electron chi connectivity index (χ3n) is 7.97. The highest BCUT2D eigenvalue weighted by Gasteiger charge is 2.65. The van der Waals surface area contributed by atoms with E-state index in [9.17, 15) is 16.8 Å².